The second-order valence-corrected chi connectivity index (χ2v) is 9.61. The van der Waals surface area contributed by atoms with Crippen LogP contribution < -0.4 is 9.64 Å². The van der Waals surface area contributed by atoms with Crippen LogP contribution in [0.4, 0.5) is 5.69 Å². The lowest BCUT2D eigenvalue weighted by atomic mass is 9.82. The maximum atomic E-state index is 14.3. The second-order valence-electron chi connectivity index (χ2n) is 9.61. The summed E-state index contributed by atoms with van der Waals surface area (Å²) in [5, 5.41) is 11.6. The van der Waals surface area contributed by atoms with Gasteiger partial charge in [-0.2, -0.15) is 0 Å². The molecule has 2 fully saturated rings. The molecule has 2 saturated heterocycles. The van der Waals surface area contributed by atoms with E-state index in [0.29, 0.717) is 68.6 Å². The molecule has 1 N–H and O–H groups in total. The van der Waals surface area contributed by atoms with Gasteiger partial charge in [0.25, 0.3) is 17.6 Å². The zero-order valence-electron chi connectivity index (χ0n) is 21.8. The Kier molecular flexibility index (Phi) is 7.23. The number of carbonyl (C=O) groups excluding carboxylic acids is 3. The summed E-state index contributed by atoms with van der Waals surface area (Å²) < 4.78 is 11.1. The molecule has 3 aliphatic rings. The van der Waals surface area contributed by atoms with E-state index < -0.39 is 23.1 Å². The van der Waals surface area contributed by atoms with Crippen LogP contribution >= 0.6 is 0 Å². The smallest absolute Gasteiger partial charge is 0.296 e. The number of amides is 2. The Morgan fingerprint density at radius 3 is 2.39 bits per heavy atom. The molecule has 9 nitrogen and oxygen atoms in total. The summed E-state index contributed by atoms with van der Waals surface area (Å²) in [6, 6.07) is 13.9. The first-order valence-electron chi connectivity index (χ1n) is 13.2. The highest BCUT2D eigenvalue weighted by atomic mass is 16.5. The number of para-hydroxylation sites is 1. The van der Waals surface area contributed by atoms with Crippen molar-refractivity contribution in [3.63, 3.8) is 0 Å². The third-order valence-corrected chi connectivity index (χ3v) is 7.47. The monoisotopic (exact) mass is 519 g/mol. The highest BCUT2D eigenvalue weighted by Gasteiger charge is 2.66. The number of likely N-dealkylation sites (N-methyl/N-ethyl adjacent to an activating group) is 1. The van der Waals surface area contributed by atoms with Crippen molar-refractivity contribution in [2.75, 3.05) is 57.4 Å². The summed E-state index contributed by atoms with van der Waals surface area (Å²) in [5.41, 5.74) is -0.446. The third kappa shape index (κ3) is 4.06. The van der Waals surface area contributed by atoms with Crippen LogP contribution in [0.3, 0.4) is 0 Å². The van der Waals surface area contributed by atoms with Crippen molar-refractivity contribution in [2.24, 2.45) is 0 Å². The zero-order chi connectivity index (χ0) is 26.9. The van der Waals surface area contributed by atoms with Gasteiger partial charge in [-0.3, -0.25) is 19.3 Å². The quantitative estimate of drug-likeness (QED) is 0.325. The number of fused-ring (bicyclic) bond motifs is 2. The van der Waals surface area contributed by atoms with Gasteiger partial charge < -0.3 is 24.4 Å². The van der Waals surface area contributed by atoms with E-state index in [1.165, 1.54) is 4.90 Å². The van der Waals surface area contributed by atoms with Crippen LogP contribution in [0.25, 0.3) is 5.76 Å². The number of carbonyl (C=O) groups is 3. The Bertz CT molecular complexity index is 1270. The molecule has 1 unspecified atom stereocenters. The molecule has 2 aromatic carbocycles. The Labute approximate surface area is 222 Å². The van der Waals surface area contributed by atoms with Crippen molar-refractivity contribution in [2.45, 2.75) is 25.8 Å². The Hall–Kier alpha value is -3.69. The van der Waals surface area contributed by atoms with Gasteiger partial charge in [-0.15, -0.1) is 0 Å². The van der Waals surface area contributed by atoms with Gasteiger partial charge in [0.15, 0.2) is 5.54 Å². The SMILES string of the molecule is CCCOc1ccc(C(O)=C2C(=O)C(=O)N(CCN3CCOCC3)C23C(=O)N(CC)c2ccccc23)cc1. The molecule has 1 atom stereocenters. The van der Waals surface area contributed by atoms with Crippen LogP contribution in [0.15, 0.2) is 54.1 Å². The van der Waals surface area contributed by atoms with Gasteiger partial charge in [0, 0.05) is 43.9 Å². The number of likely N-dealkylation sites (tertiary alicyclic amines) is 1. The highest BCUT2D eigenvalue weighted by molar-refractivity contribution is 6.50. The van der Waals surface area contributed by atoms with E-state index >= 15 is 0 Å². The number of morpholine rings is 1. The van der Waals surface area contributed by atoms with Gasteiger partial charge in [-0.1, -0.05) is 25.1 Å². The number of Topliss-reactive ketones (excluding diaryl/α,β-unsaturated/α-hetero) is 1. The summed E-state index contributed by atoms with van der Waals surface area (Å²) in [5.74, 6) is -1.81. The minimum atomic E-state index is -1.74. The van der Waals surface area contributed by atoms with Gasteiger partial charge in [-0.25, -0.2) is 0 Å². The lowest BCUT2D eigenvalue weighted by Crippen LogP contribution is -2.54. The summed E-state index contributed by atoms with van der Waals surface area (Å²) in [6.45, 7) is 7.99. The zero-order valence-corrected chi connectivity index (χ0v) is 21.8. The van der Waals surface area contributed by atoms with Crippen LogP contribution in [0.1, 0.15) is 31.4 Å². The topological polar surface area (TPSA) is 99.6 Å². The summed E-state index contributed by atoms with van der Waals surface area (Å²) in [4.78, 5) is 46.6. The molecule has 200 valence electrons. The van der Waals surface area contributed by atoms with Crippen LogP contribution in [-0.4, -0.2) is 85.0 Å². The highest BCUT2D eigenvalue weighted by Crippen LogP contribution is 2.53. The van der Waals surface area contributed by atoms with Crippen molar-refractivity contribution in [3.05, 3.63) is 65.2 Å². The molecule has 0 aromatic heterocycles. The van der Waals surface area contributed by atoms with Gasteiger partial charge >= 0.3 is 0 Å². The lowest BCUT2D eigenvalue weighted by Gasteiger charge is -2.36. The number of hydrogen-bond acceptors (Lipinski definition) is 7. The summed E-state index contributed by atoms with van der Waals surface area (Å²) in [7, 11) is 0. The van der Waals surface area contributed by atoms with E-state index in [2.05, 4.69) is 4.90 Å². The van der Waals surface area contributed by atoms with Gasteiger partial charge in [0.2, 0.25) is 0 Å². The molecule has 5 rings (SSSR count). The number of ketones is 1. The first kappa shape index (κ1) is 25.9. The average Bonchev–Trinajstić information content (AvgIpc) is 3.33. The number of aliphatic hydroxyl groups excluding tert-OH is 1. The number of anilines is 1. The van der Waals surface area contributed by atoms with Crippen molar-refractivity contribution in [1.82, 2.24) is 9.80 Å². The summed E-state index contributed by atoms with van der Waals surface area (Å²) in [6.07, 6.45) is 0.853. The van der Waals surface area contributed by atoms with E-state index in [4.69, 9.17) is 9.47 Å². The van der Waals surface area contributed by atoms with E-state index in [1.807, 2.05) is 26.0 Å². The first-order chi connectivity index (χ1) is 18.4. The number of ether oxygens (including phenoxy) is 2. The number of nitrogens with zero attached hydrogens (tertiary/aromatic N) is 3. The van der Waals surface area contributed by atoms with Gasteiger partial charge in [0.1, 0.15) is 11.5 Å². The Morgan fingerprint density at radius 1 is 1.00 bits per heavy atom. The van der Waals surface area contributed by atoms with Crippen molar-refractivity contribution < 1.29 is 29.0 Å². The predicted octanol–water partition coefficient (Wildman–Crippen LogP) is 2.75. The molecule has 0 radical (unpaired) electrons. The largest absolute Gasteiger partial charge is 0.507 e. The molecule has 0 saturated carbocycles. The molecule has 2 aromatic rings. The number of hydrogen-bond donors (Lipinski definition) is 1. The van der Waals surface area contributed by atoms with Crippen LogP contribution in [0.2, 0.25) is 0 Å². The molecule has 0 aliphatic carbocycles. The molecule has 38 heavy (non-hydrogen) atoms. The van der Waals surface area contributed by atoms with E-state index in [0.717, 1.165) is 6.42 Å². The van der Waals surface area contributed by atoms with Gasteiger partial charge in [0.05, 0.1) is 31.1 Å². The van der Waals surface area contributed by atoms with E-state index in [-0.39, 0.29) is 17.9 Å². The van der Waals surface area contributed by atoms with E-state index in [9.17, 15) is 19.5 Å². The predicted molar refractivity (Wildman–Crippen MR) is 142 cm³/mol. The molecule has 1 spiro atoms. The molecule has 2 amide bonds. The fraction of sp³-hybridized carbons (Fsp3) is 0.414. The van der Waals surface area contributed by atoms with Crippen LogP contribution in [0, 0.1) is 0 Å². The molecule has 0 bridgehead atoms. The van der Waals surface area contributed by atoms with Crippen molar-refractivity contribution >= 4 is 29.0 Å². The van der Waals surface area contributed by atoms with Crippen LogP contribution in [-0.2, 0) is 24.7 Å². The van der Waals surface area contributed by atoms with E-state index in [1.54, 1.807) is 41.3 Å². The average molecular weight is 520 g/mol. The van der Waals surface area contributed by atoms with Crippen LogP contribution in [0.5, 0.6) is 5.75 Å². The summed E-state index contributed by atoms with van der Waals surface area (Å²) >= 11 is 0. The van der Waals surface area contributed by atoms with Crippen molar-refractivity contribution in [3.8, 4) is 5.75 Å². The fourth-order valence-electron chi connectivity index (χ4n) is 5.62. The molecular weight excluding hydrogens is 486 g/mol. The molecule has 3 aliphatic heterocycles. The maximum Gasteiger partial charge on any atom is 0.296 e. The second kappa shape index (κ2) is 10.6. The Morgan fingerprint density at radius 2 is 1.71 bits per heavy atom. The molecule has 3 heterocycles. The number of benzene rings is 2. The fourth-order valence-corrected chi connectivity index (χ4v) is 5.62. The normalized spacial score (nSPS) is 22.9. The number of aliphatic hydroxyl groups is 1. The minimum Gasteiger partial charge on any atom is -0.507 e. The third-order valence-electron chi connectivity index (χ3n) is 7.47. The first-order valence-corrected chi connectivity index (χ1v) is 13.2. The standard InChI is InChI=1S/C29H33N3O6/c1-3-17-38-21-11-9-20(10-12-21)25(33)24-26(34)27(35)32(14-13-30-15-18-37-19-16-30)29(24)22-7-5-6-8-23(22)31(4-2)28(29)36/h5-12,33H,3-4,13-19H2,1-2H3. The molecule has 9 heteroatoms. The molecular formula is C29H33N3O6. The maximum absolute atomic E-state index is 14.3. The minimum absolute atomic E-state index is 0.156. The van der Waals surface area contributed by atoms with Gasteiger partial charge in [-0.05, 0) is 43.7 Å². The Balaban J connectivity index is 1.65. The van der Waals surface area contributed by atoms with Crippen molar-refractivity contribution in [1.29, 1.82) is 0 Å². The lowest BCUT2D eigenvalue weighted by molar-refractivity contribution is -0.144. The number of rotatable bonds is 8.